The Balaban J connectivity index is 1.67. The Labute approximate surface area is 165 Å². The lowest BCUT2D eigenvalue weighted by molar-refractivity contribution is 0.149. The molecule has 0 saturated heterocycles. The Bertz CT molecular complexity index is 826. The van der Waals surface area contributed by atoms with Crippen molar-refractivity contribution in [2.24, 2.45) is 0 Å². The minimum atomic E-state index is -0.522. The van der Waals surface area contributed by atoms with Gasteiger partial charge in [-0.3, -0.25) is 0 Å². The van der Waals surface area contributed by atoms with Gasteiger partial charge in [-0.2, -0.15) is 0 Å². The van der Waals surface area contributed by atoms with Crippen LogP contribution in [0.4, 0.5) is 4.79 Å². The van der Waals surface area contributed by atoms with Gasteiger partial charge in [0.2, 0.25) is 0 Å². The zero-order valence-electron chi connectivity index (χ0n) is 15.8. The Morgan fingerprint density at radius 3 is 1.89 bits per heavy atom. The van der Waals surface area contributed by atoms with E-state index in [0.717, 1.165) is 11.1 Å². The van der Waals surface area contributed by atoms with Crippen LogP contribution in [0.3, 0.4) is 0 Å². The van der Waals surface area contributed by atoms with E-state index in [1.54, 1.807) is 36.1 Å². The van der Waals surface area contributed by atoms with Crippen LogP contribution in [0.2, 0.25) is 0 Å². The van der Waals surface area contributed by atoms with Gasteiger partial charge in [0, 0.05) is 13.1 Å². The fourth-order valence-electron chi connectivity index (χ4n) is 2.83. The van der Waals surface area contributed by atoms with Crippen molar-refractivity contribution in [3.05, 3.63) is 96.1 Å². The largest absolute Gasteiger partial charge is 0.508 e. The maximum absolute atomic E-state index is 12.9. The molecule has 0 aliphatic heterocycles. The molecule has 1 atom stereocenters. The van der Waals surface area contributed by atoms with Gasteiger partial charge in [0.25, 0.3) is 0 Å². The van der Waals surface area contributed by atoms with Gasteiger partial charge in [-0.05, 0) is 42.3 Å². The number of hydrogen-bond donors (Lipinski definition) is 2. The lowest BCUT2D eigenvalue weighted by atomic mass is 10.2. The van der Waals surface area contributed by atoms with E-state index in [0.29, 0.717) is 18.8 Å². The van der Waals surface area contributed by atoms with Crippen molar-refractivity contribution in [3.63, 3.8) is 0 Å². The molecule has 2 N–H and O–H groups in total. The van der Waals surface area contributed by atoms with Crippen LogP contribution in [0.25, 0.3) is 0 Å². The van der Waals surface area contributed by atoms with Crippen molar-refractivity contribution in [3.8, 4) is 11.5 Å². The van der Waals surface area contributed by atoms with Crippen molar-refractivity contribution in [1.29, 1.82) is 0 Å². The van der Waals surface area contributed by atoms with E-state index in [1.807, 2.05) is 60.7 Å². The summed E-state index contributed by atoms with van der Waals surface area (Å²) in [5.74, 6) is 0.740. The highest BCUT2D eigenvalue weighted by atomic mass is 16.5. The zero-order valence-corrected chi connectivity index (χ0v) is 15.8. The maximum atomic E-state index is 12.9. The lowest BCUT2D eigenvalue weighted by Crippen LogP contribution is -2.45. The first-order valence-corrected chi connectivity index (χ1v) is 9.19. The molecule has 0 aliphatic rings. The summed E-state index contributed by atoms with van der Waals surface area (Å²) in [6, 6.07) is 26.0. The van der Waals surface area contributed by atoms with Gasteiger partial charge in [-0.1, -0.05) is 60.7 Å². The molecule has 5 heteroatoms. The molecular formula is C23H24N2O3. The fourth-order valence-corrected chi connectivity index (χ4v) is 2.83. The second-order valence-corrected chi connectivity index (χ2v) is 6.53. The van der Waals surface area contributed by atoms with E-state index in [1.165, 1.54) is 0 Å². The van der Waals surface area contributed by atoms with Gasteiger partial charge in [0.1, 0.15) is 11.5 Å². The minimum Gasteiger partial charge on any atom is -0.508 e. The van der Waals surface area contributed by atoms with E-state index in [2.05, 4.69) is 5.32 Å². The summed E-state index contributed by atoms with van der Waals surface area (Å²) >= 11 is 0. The van der Waals surface area contributed by atoms with Gasteiger partial charge in [-0.25, -0.2) is 4.79 Å². The standard InChI is InChI=1S/C23H24N2O3/c1-18(28-22-14-12-21(26)13-15-22)24-23(27)25(16-19-8-4-2-5-9-19)17-20-10-6-3-7-11-20/h2-15,18,26H,16-17H2,1H3,(H,24,27). The number of aromatic hydroxyl groups is 1. The van der Waals surface area contributed by atoms with Crippen molar-refractivity contribution in [1.82, 2.24) is 10.2 Å². The number of hydrogen-bond acceptors (Lipinski definition) is 3. The predicted molar refractivity (Wildman–Crippen MR) is 109 cm³/mol. The van der Waals surface area contributed by atoms with Crippen LogP contribution in [0.15, 0.2) is 84.9 Å². The molecule has 0 aliphatic carbocycles. The molecule has 3 rings (SSSR count). The maximum Gasteiger partial charge on any atom is 0.320 e. The molecule has 1 unspecified atom stereocenters. The number of benzene rings is 3. The van der Waals surface area contributed by atoms with E-state index in [-0.39, 0.29) is 11.8 Å². The summed E-state index contributed by atoms with van der Waals surface area (Å²) in [5.41, 5.74) is 2.11. The zero-order chi connectivity index (χ0) is 19.8. The summed E-state index contributed by atoms with van der Waals surface area (Å²) in [7, 11) is 0. The first kappa shape index (κ1) is 19.3. The van der Waals surface area contributed by atoms with Gasteiger partial charge in [-0.15, -0.1) is 0 Å². The monoisotopic (exact) mass is 376 g/mol. The summed E-state index contributed by atoms with van der Waals surface area (Å²) < 4.78 is 5.72. The molecule has 0 saturated carbocycles. The summed E-state index contributed by atoms with van der Waals surface area (Å²) in [6.45, 7) is 2.76. The molecule has 0 bridgehead atoms. The highest BCUT2D eigenvalue weighted by Crippen LogP contribution is 2.17. The average Bonchev–Trinajstić information content (AvgIpc) is 2.71. The lowest BCUT2D eigenvalue weighted by Gasteiger charge is -2.26. The Morgan fingerprint density at radius 1 is 0.893 bits per heavy atom. The van der Waals surface area contributed by atoms with Gasteiger partial charge < -0.3 is 20.1 Å². The number of phenolic OH excluding ortho intramolecular Hbond substituents is 1. The molecule has 144 valence electrons. The summed E-state index contributed by atoms with van der Waals surface area (Å²) in [5, 5.41) is 12.2. The molecule has 3 aromatic carbocycles. The molecule has 0 spiro atoms. The molecule has 2 amide bonds. The number of nitrogens with one attached hydrogen (secondary N) is 1. The van der Waals surface area contributed by atoms with Crippen LogP contribution in [0.5, 0.6) is 11.5 Å². The van der Waals surface area contributed by atoms with Crippen molar-refractivity contribution in [2.45, 2.75) is 26.2 Å². The predicted octanol–water partition coefficient (Wildman–Crippen LogP) is 4.53. The van der Waals surface area contributed by atoms with Crippen LogP contribution >= 0.6 is 0 Å². The highest BCUT2D eigenvalue weighted by molar-refractivity contribution is 5.74. The third-order valence-electron chi connectivity index (χ3n) is 4.20. The quantitative estimate of drug-likeness (QED) is 0.596. The van der Waals surface area contributed by atoms with Crippen molar-refractivity contribution in [2.75, 3.05) is 0 Å². The van der Waals surface area contributed by atoms with Crippen LogP contribution in [-0.4, -0.2) is 22.3 Å². The van der Waals surface area contributed by atoms with Crippen LogP contribution in [0, 0.1) is 0 Å². The first-order chi connectivity index (χ1) is 13.6. The van der Waals surface area contributed by atoms with Crippen LogP contribution < -0.4 is 10.1 Å². The second kappa shape index (κ2) is 9.46. The molecule has 0 heterocycles. The Morgan fingerprint density at radius 2 is 1.39 bits per heavy atom. The van der Waals surface area contributed by atoms with E-state index >= 15 is 0 Å². The van der Waals surface area contributed by atoms with E-state index in [9.17, 15) is 9.90 Å². The second-order valence-electron chi connectivity index (χ2n) is 6.53. The van der Waals surface area contributed by atoms with Crippen molar-refractivity contribution < 1.29 is 14.6 Å². The number of rotatable bonds is 7. The third kappa shape index (κ3) is 5.77. The average molecular weight is 376 g/mol. The smallest absolute Gasteiger partial charge is 0.320 e. The number of ether oxygens (including phenoxy) is 1. The van der Waals surface area contributed by atoms with Crippen LogP contribution in [-0.2, 0) is 13.1 Å². The summed E-state index contributed by atoms with van der Waals surface area (Å²) in [6.07, 6.45) is -0.522. The molecular weight excluding hydrogens is 352 g/mol. The molecule has 5 nitrogen and oxygen atoms in total. The third-order valence-corrected chi connectivity index (χ3v) is 4.20. The van der Waals surface area contributed by atoms with Crippen molar-refractivity contribution >= 4 is 6.03 Å². The van der Waals surface area contributed by atoms with E-state index < -0.39 is 6.23 Å². The number of carbonyl (C=O) groups excluding carboxylic acids is 1. The van der Waals surface area contributed by atoms with Gasteiger partial charge in [0.15, 0.2) is 6.23 Å². The number of carbonyl (C=O) groups is 1. The van der Waals surface area contributed by atoms with Gasteiger partial charge >= 0.3 is 6.03 Å². The first-order valence-electron chi connectivity index (χ1n) is 9.19. The van der Waals surface area contributed by atoms with Crippen LogP contribution in [0.1, 0.15) is 18.1 Å². The molecule has 0 radical (unpaired) electrons. The Hall–Kier alpha value is -3.47. The molecule has 0 fully saturated rings. The number of nitrogens with zero attached hydrogens (tertiary/aromatic N) is 1. The highest BCUT2D eigenvalue weighted by Gasteiger charge is 2.17. The van der Waals surface area contributed by atoms with Gasteiger partial charge in [0.05, 0.1) is 0 Å². The number of urea groups is 1. The Kier molecular flexibility index (Phi) is 6.52. The number of amides is 2. The number of phenols is 1. The minimum absolute atomic E-state index is 0.168. The van der Waals surface area contributed by atoms with E-state index in [4.69, 9.17) is 4.74 Å². The fraction of sp³-hybridized carbons (Fsp3) is 0.174. The molecule has 3 aromatic rings. The molecule has 28 heavy (non-hydrogen) atoms. The SMILES string of the molecule is CC(NC(=O)N(Cc1ccccc1)Cc1ccccc1)Oc1ccc(O)cc1. The summed E-state index contributed by atoms with van der Waals surface area (Å²) in [4.78, 5) is 14.7. The molecule has 0 aromatic heterocycles. The topological polar surface area (TPSA) is 61.8 Å². The normalized spacial score (nSPS) is 11.5.